The Kier molecular flexibility index (Phi) is 3.08. The molecule has 1 N–H and O–H groups in total. The Hall–Kier alpha value is -1.35. The topological polar surface area (TPSA) is 37.8 Å². The van der Waals surface area contributed by atoms with Crippen molar-refractivity contribution < 1.29 is 0 Å². The normalized spacial score (nSPS) is 16.7. The van der Waals surface area contributed by atoms with Crippen LogP contribution in [0.4, 0.5) is 5.69 Å². The van der Waals surface area contributed by atoms with E-state index in [9.17, 15) is 0 Å². The fourth-order valence-electron chi connectivity index (χ4n) is 2.32. The quantitative estimate of drug-likeness (QED) is 0.838. The number of anilines is 1. The van der Waals surface area contributed by atoms with Gasteiger partial charge in [-0.2, -0.15) is 10.2 Å². The summed E-state index contributed by atoms with van der Waals surface area (Å²) in [7, 11) is 0. The third-order valence-electron chi connectivity index (χ3n) is 3.78. The third-order valence-corrected chi connectivity index (χ3v) is 3.97. The number of halogens is 1. The van der Waals surface area contributed by atoms with Crippen molar-refractivity contribution in [2.24, 2.45) is 5.41 Å². The molecule has 2 aromatic rings. The molecule has 4 heteroatoms. The maximum atomic E-state index is 5.85. The smallest absolute Gasteiger partial charge is 0.0950 e. The minimum absolute atomic E-state index is 0.423. The second-order valence-corrected chi connectivity index (χ2v) is 5.45. The average Bonchev–Trinajstić information content (AvgIpc) is 3.17. The molecule has 1 aromatic carbocycles. The molecule has 1 heterocycles. The van der Waals surface area contributed by atoms with Crippen molar-refractivity contribution in [2.45, 2.75) is 19.3 Å². The lowest BCUT2D eigenvalue weighted by Gasteiger charge is -2.16. The number of alkyl halides is 1. The fraction of sp³-hybridized carbons (Fsp3) is 0.429. The van der Waals surface area contributed by atoms with Crippen LogP contribution >= 0.6 is 11.6 Å². The number of hydrogen-bond donors (Lipinski definition) is 1. The lowest BCUT2D eigenvalue weighted by atomic mass is 10.0. The summed E-state index contributed by atoms with van der Waals surface area (Å²) in [5, 5.41) is 12.8. The lowest BCUT2D eigenvalue weighted by molar-refractivity contribution is 0.525. The number of nitrogens with zero attached hydrogens (tertiary/aromatic N) is 2. The highest BCUT2D eigenvalue weighted by Crippen LogP contribution is 2.49. The van der Waals surface area contributed by atoms with Crippen molar-refractivity contribution in [3.05, 3.63) is 30.5 Å². The van der Waals surface area contributed by atoms with Gasteiger partial charge < -0.3 is 5.32 Å². The first-order valence-electron chi connectivity index (χ1n) is 6.33. The van der Waals surface area contributed by atoms with E-state index in [0.717, 1.165) is 35.4 Å². The Morgan fingerprint density at radius 3 is 2.89 bits per heavy atom. The Labute approximate surface area is 112 Å². The predicted molar refractivity (Wildman–Crippen MR) is 75.0 cm³/mol. The van der Waals surface area contributed by atoms with Crippen LogP contribution in [-0.2, 0) is 0 Å². The molecule has 0 atom stereocenters. The molecule has 0 unspecified atom stereocenters. The summed E-state index contributed by atoms with van der Waals surface area (Å²) in [6, 6.07) is 8.07. The van der Waals surface area contributed by atoms with Gasteiger partial charge in [0.05, 0.1) is 17.4 Å². The fourth-order valence-corrected chi connectivity index (χ4v) is 2.72. The number of aromatic nitrogens is 2. The number of benzene rings is 1. The molecule has 0 amide bonds. The highest BCUT2D eigenvalue weighted by molar-refractivity contribution is 6.17. The van der Waals surface area contributed by atoms with Crippen molar-refractivity contribution in [1.29, 1.82) is 0 Å². The van der Waals surface area contributed by atoms with E-state index in [4.69, 9.17) is 11.6 Å². The van der Waals surface area contributed by atoms with Gasteiger partial charge in [-0.3, -0.25) is 0 Å². The molecule has 1 fully saturated rings. The van der Waals surface area contributed by atoms with Crippen LogP contribution in [0.3, 0.4) is 0 Å². The first-order chi connectivity index (χ1) is 8.83. The third kappa shape index (κ3) is 2.27. The highest BCUT2D eigenvalue weighted by atomic mass is 35.5. The average molecular weight is 262 g/mol. The van der Waals surface area contributed by atoms with Crippen molar-refractivity contribution in [2.75, 3.05) is 17.7 Å². The summed E-state index contributed by atoms with van der Waals surface area (Å²) in [6.07, 6.45) is 5.46. The van der Waals surface area contributed by atoms with Crippen LogP contribution in [0, 0.1) is 5.41 Å². The van der Waals surface area contributed by atoms with E-state index in [1.807, 2.05) is 18.2 Å². The van der Waals surface area contributed by atoms with Gasteiger partial charge in [0.15, 0.2) is 0 Å². The van der Waals surface area contributed by atoms with Crippen LogP contribution in [0.2, 0.25) is 0 Å². The van der Waals surface area contributed by atoms with Crippen LogP contribution in [0.5, 0.6) is 0 Å². The second-order valence-electron chi connectivity index (χ2n) is 5.07. The molecule has 3 rings (SSSR count). The van der Waals surface area contributed by atoms with Crippen LogP contribution in [0.1, 0.15) is 19.3 Å². The van der Waals surface area contributed by atoms with Gasteiger partial charge in [-0.1, -0.05) is 18.2 Å². The maximum Gasteiger partial charge on any atom is 0.0950 e. The predicted octanol–water partition coefficient (Wildman–Crippen LogP) is 3.45. The lowest BCUT2D eigenvalue weighted by Crippen LogP contribution is -2.16. The minimum Gasteiger partial charge on any atom is -0.383 e. The van der Waals surface area contributed by atoms with Gasteiger partial charge >= 0.3 is 0 Å². The zero-order valence-electron chi connectivity index (χ0n) is 10.2. The highest BCUT2D eigenvalue weighted by Gasteiger charge is 2.41. The van der Waals surface area contributed by atoms with E-state index in [2.05, 4.69) is 21.6 Å². The molecular formula is C14H16ClN3. The van der Waals surface area contributed by atoms with Crippen LogP contribution in [0.15, 0.2) is 30.5 Å². The van der Waals surface area contributed by atoms with Crippen molar-refractivity contribution in [1.82, 2.24) is 10.2 Å². The second kappa shape index (κ2) is 4.73. The number of hydrogen-bond acceptors (Lipinski definition) is 3. The molecule has 94 valence electrons. The van der Waals surface area contributed by atoms with E-state index in [-0.39, 0.29) is 0 Å². The molecule has 0 spiro atoms. The first-order valence-corrected chi connectivity index (χ1v) is 6.87. The number of rotatable bonds is 5. The molecule has 0 radical (unpaired) electrons. The Bertz CT molecular complexity index is 546. The summed E-state index contributed by atoms with van der Waals surface area (Å²) in [4.78, 5) is 0. The Balaban J connectivity index is 1.79. The van der Waals surface area contributed by atoms with Gasteiger partial charge in [-0.15, -0.1) is 11.6 Å². The van der Waals surface area contributed by atoms with Crippen LogP contribution in [0.25, 0.3) is 10.9 Å². The van der Waals surface area contributed by atoms with Gasteiger partial charge in [0, 0.05) is 17.8 Å². The number of fused-ring (bicyclic) bond motifs is 1. The summed E-state index contributed by atoms with van der Waals surface area (Å²) < 4.78 is 0. The molecule has 0 bridgehead atoms. The molecule has 0 aliphatic heterocycles. The van der Waals surface area contributed by atoms with E-state index in [1.54, 1.807) is 6.20 Å². The van der Waals surface area contributed by atoms with E-state index in [0.29, 0.717) is 5.41 Å². The molecule has 18 heavy (non-hydrogen) atoms. The molecule has 1 aliphatic rings. The largest absolute Gasteiger partial charge is 0.383 e. The van der Waals surface area contributed by atoms with Gasteiger partial charge in [-0.05, 0) is 30.7 Å². The summed E-state index contributed by atoms with van der Waals surface area (Å²) in [5.74, 6) is 0.747. The first kappa shape index (κ1) is 11.7. The monoisotopic (exact) mass is 261 g/mol. The summed E-state index contributed by atoms with van der Waals surface area (Å²) in [5.41, 5.74) is 2.43. The van der Waals surface area contributed by atoms with Gasteiger partial charge in [-0.25, -0.2) is 0 Å². The molecule has 1 saturated carbocycles. The van der Waals surface area contributed by atoms with Crippen LogP contribution < -0.4 is 5.32 Å². The van der Waals surface area contributed by atoms with Crippen LogP contribution in [-0.4, -0.2) is 22.6 Å². The molecular weight excluding hydrogens is 246 g/mol. The Morgan fingerprint density at radius 2 is 2.11 bits per heavy atom. The van der Waals surface area contributed by atoms with Crippen molar-refractivity contribution in [3.63, 3.8) is 0 Å². The molecule has 1 aliphatic carbocycles. The number of nitrogens with one attached hydrogen (secondary N) is 1. The van der Waals surface area contributed by atoms with E-state index in [1.165, 1.54) is 12.8 Å². The van der Waals surface area contributed by atoms with Crippen molar-refractivity contribution in [3.8, 4) is 0 Å². The zero-order valence-corrected chi connectivity index (χ0v) is 11.0. The maximum absolute atomic E-state index is 5.85. The zero-order chi connectivity index (χ0) is 12.4. The molecule has 1 aromatic heterocycles. The standard InChI is InChI=1S/C14H16ClN3/c15-8-7-14(5-6-14)10-16-13-9-17-18-12-4-2-1-3-11(12)13/h1-4,9H,5-8,10H2,(H,16,18). The van der Waals surface area contributed by atoms with Gasteiger partial charge in [0.2, 0.25) is 0 Å². The molecule has 0 saturated heterocycles. The summed E-state index contributed by atoms with van der Waals surface area (Å²) in [6.45, 7) is 0.982. The minimum atomic E-state index is 0.423. The van der Waals surface area contributed by atoms with E-state index < -0.39 is 0 Å². The van der Waals surface area contributed by atoms with Gasteiger partial charge in [0.25, 0.3) is 0 Å². The molecule has 3 nitrogen and oxygen atoms in total. The van der Waals surface area contributed by atoms with Gasteiger partial charge in [0.1, 0.15) is 0 Å². The SMILES string of the molecule is ClCCC1(CNc2cnnc3ccccc23)CC1. The van der Waals surface area contributed by atoms with Crippen molar-refractivity contribution >= 4 is 28.2 Å². The summed E-state index contributed by atoms with van der Waals surface area (Å²) >= 11 is 5.85. The Morgan fingerprint density at radius 1 is 1.28 bits per heavy atom. The van der Waals surface area contributed by atoms with E-state index >= 15 is 0 Å².